The molecule has 0 saturated carbocycles. The van der Waals surface area contributed by atoms with Crippen molar-refractivity contribution in [2.75, 3.05) is 30.9 Å². The van der Waals surface area contributed by atoms with Crippen LogP contribution in [0.4, 0.5) is 11.4 Å². The van der Waals surface area contributed by atoms with Gasteiger partial charge in [0.05, 0.1) is 0 Å². The summed E-state index contributed by atoms with van der Waals surface area (Å²) in [4.78, 5) is 2.42. The Balaban J connectivity index is 2.73. The van der Waals surface area contributed by atoms with Gasteiger partial charge in [-0.3, -0.25) is 0 Å². The second-order valence-electron chi connectivity index (χ2n) is 4.42. The van der Waals surface area contributed by atoms with Crippen molar-refractivity contribution in [3.8, 4) is 0 Å². The lowest BCUT2D eigenvalue weighted by atomic mass is 10.1. The predicted octanol–water partition coefficient (Wildman–Crippen LogP) is 2.91. The van der Waals surface area contributed by atoms with Gasteiger partial charge in [-0.1, -0.05) is 6.92 Å². The third-order valence-electron chi connectivity index (χ3n) is 2.96. The quantitative estimate of drug-likeness (QED) is 0.740. The molecule has 0 aliphatic carbocycles. The van der Waals surface area contributed by atoms with Gasteiger partial charge < -0.3 is 15.4 Å². The zero-order valence-corrected chi connectivity index (χ0v) is 11.1. The van der Waals surface area contributed by atoms with Crippen LogP contribution >= 0.6 is 0 Å². The molecule has 3 heteroatoms. The molecule has 17 heavy (non-hydrogen) atoms. The SMILES string of the molecule is CCCN(c1ccc(N)cc1)C(C)CCOC. The Morgan fingerprint density at radius 2 is 1.94 bits per heavy atom. The van der Waals surface area contributed by atoms with Crippen LogP contribution in [0.2, 0.25) is 0 Å². The van der Waals surface area contributed by atoms with Crippen molar-refractivity contribution in [3.05, 3.63) is 24.3 Å². The molecule has 3 nitrogen and oxygen atoms in total. The number of rotatable bonds is 7. The zero-order valence-electron chi connectivity index (χ0n) is 11.1. The summed E-state index contributed by atoms with van der Waals surface area (Å²) in [6.45, 7) is 6.31. The first-order valence-electron chi connectivity index (χ1n) is 6.30. The van der Waals surface area contributed by atoms with Crippen molar-refractivity contribution in [1.29, 1.82) is 0 Å². The summed E-state index contributed by atoms with van der Waals surface area (Å²) < 4.78 is 5.15. The molecule has 1 rings (SSSR count). The predicted molar refractivity (Wildman–Crippen MR) is 74.4 cm³/mol. The Morgan fingerprint density at radius 1 is 1.29 bits per heavy atom. The minimum atomic E-state index is 0.485. The van der Waals surface area contributed by atoms with Crippen molar-refractivity contribution in [2.45, 2.75) is 32.7 Å². The van der Waals surface area contributed by atoms with Gasteiger partial charge in [-0.25, -0.2) is 0 Å². The number of ether oxygens (including phenoxy) is 1. The van der Waals surface area contributed by atoms with E-state index < -0.39 is 0 Å². The molecule has 0 aromatic heterocycles. The van der Waals surface area contributed by atoms with E-state index in [0.29, 0.717) is 6.04 Å². The van der Waals surface area contributed by atoms with Crippen LogP contribution in [0.5, 0.6) is 0 Å². The first-order chi connectivity index (χ1) is 8.19. The molecular formula is C14H24N2O. The fourth-order valence-corrected chi connectivity index (χ4v) is 1.95. The molecule has 1 unspecified atom stereocenters. The summed E-state index contributed by atoms with van der Waals surface area (Å²) in [7, 11) is 1.75. The van der Waals surface area contributed by atoms with Gasteiger partial charge >= 0.3 is 0 Å². The van der Waals surface area contributed by atoms with Gasteiger partial charge in [0.25, 0.3) is 0 Å². The van der Waals surface area contributed by atoms with Gasteiger partial charge in [-0.15, -0.1) is 0 Å². The fraction of sp³-hybridized carbons (Fsp3) is 0.571. The van der Waals surface area contributed by atoms with Crippen molar-refractivity contribution in [3.63, 3.8) is 0 Å². The minimum Gasteiger partial charge on any atom is -0.399 e. The molecule has 0 amide bonds. The van der Waals surface area contributed by atoms with Crippen LogP contribution in [0.3, 0.4) is 0 Å². The van der Waals surface area contributed by atoms with Gasteiger partial charge in [-0.2, -0.15) is 0 Å². The van der Waals surface area contributed by atoms with Crippen LogP contribution in [0.15, 0.2) is 24.3 Å². The van der Waals surface area contributed by atoms with E-state index in [1.54, 1.807) is 7.11 Å². The van der Waals surface area contributed by atoms with Gasteiger partial charge in [0.1, 0.15) is 0 Å². The maximum Gasteiger partial charge on any atom is 0.0481 e. The topological polar surface area (TPSA) is 38.5 Å². The van der Waals surface area contributed by atoms with E-state index in [2.05, 4.69) is 30.9 Å². The lowest BCUT2D eigenvalue weighted by Crippen LogP contribution is -2.34. The zero-order chi connectivity index (χ0) is 12.7. The molecule has 1 aromatic rings. The molecule has 0 saturated heterocycles. The van der Waals surface area contributed by atoms with E-state index in [9.17, 15) is 0 Å². The van der Waals surface area contributed by atoms with Crippen LogP contribution in [-0.4, -0.2) is 26.3 Å². The second-order valence-corrected chi connectivity index (χ2v) is 4.42. The summed E-state index contributed by atoms with van der Waals surface area (Å²) >= 11 is 0. The van der Waals surface area contributed by atoms with Crippen molar-refractivity contribution in [1.82, 2.24) is 0 Å². The molecular weight excluding hydrogens is 212 g/mol. The molecule has 0 bridgehead atoms. The summed E-state index contributed by atoms with van der Waals surface area (Å²) in [5, 5.41) is 0. The Labute approximate surface area is 105 Å². The Bertz CT molecular complexity index is 311. The van der Waals surface area contributed by atoms with Crippen LogP contribution < -0.4 is 10.6 Å². The Morgan fingerprint density at radius 3 is 2.47 bits per heavy atom. The number of methoxy groups -OCH3 is 1. The third kappa shape index (κ3) is 4.27. The van der Waals surface area contributed by atoms with E-state index in [1.807, 2.05) is 12.1 Å². The Kier molecular flexibility index (Phi) is 5.84. The number of benzene rings is 1. The van der Waals surface area contributed by atoms with E-state index >= 15 is 0 Å². The number of hydrogen-bond acceptors (Lipinski definition) is 3. The molecule has 2 N–H and O–H groups in total. The number of anilines is 2. The number of nitrogens with two attached hydrogens (primary N) is 1. The number of nitrogen functional groups attached to an aromatic ring is 1. The summed E-state index contributed by atoms with van der Waals surface area (Å²) in [6.07, 6.45) is 2.18. The minimum absolute atomic E-state index is 0.485. The number of nitrogens with zero attached hydrogens (tertiary/aromatic N) is 1. The summed E-state index contributed by atoms with van der Waals surface area (Å²) in [5.74, 6) is 0. The van der Waals surface area contributed by atoms with Gasteiger partial charge in [0.2, 0.25) is 0 Å². The fourth-order valence-electron chi connectivity index (χ4n) is 1.95. The van der Waals surface area contributed by atoms with E-state index in [1.165, 1.54) is 5.69 Å². The van der Waals surface area contributed by atoms with E-state index in [4.69, 9.17) is 10.5 Å². The molecule has 0 radical (unpaired) electrons. The molecule has 96 valence electrons. The van der Waals surface area contributed by atoms with Gasteiger partial charge in [0, 0.05) is 37.7 Å². The maximum atomic E-state index is 5.72. The smallest absolute Gasteiger partial charge is 0.0481 e. The second kappa shape index (κ2) is 7.17. The number of hydrogen-bond donors (Lipinski definition) is 1. The van der Waals surface area contributed by atoms with Crippen LogP contribution in [0.1, 0.15) is 26.7 Å². The highest BCUT2D eigenvalue weighted by Crippen LogP contribution is 2.20. The van der Waals surface area contributed by atoms with E-state index in [0.717, 1.165) is 31.7 Å². The highest BCUT2D eigenvalue weighted by molar-refractivity contribution is 5.53. The molecule has 1 atom stereocenters. The first kappa shape index (κ1) is 13.8. The Hall–Kier alpha value is -1.22. The average molecular weight is 236 g/mol. The molecule has 0 aliphatic heterocycles. The molecule has 0 fully saturated rings. The van der Waals surface area contributed by atoms with Crippen LogP contribution in [-0.2, 0) is 4.74 Å². The molecule has 0 aliphatic rings. The van der Waals surface area contributed by atoms with Gasteiger partial charge in [0.15, 0.2) is 0 Å². The highest BCUT2D eigenvalue weighted by Gasteiger charge is 2.13. The normalized spacial score (nSPS) is 12.4. The van der Waals surface area contributed by atoms with Crippen LogP contribution in [0.25, 0.3) is 0 Å². The first-order valence-corrected chi connectivity index (χ1v) is 6.30. The summed E-state index contributed by atoms with van der Waals surface area (Å²) in [6, 6.07) is 8.59. The standard InChI is InChI=1S/C14H24N2O/c1-4-10-16(12(2)9-11-17-3)14-7-5-13(15)6-8-14/h5-8,12H,4,9-11,15H2,1-3H3. The molecule has 1 aromatic carbocycles. The monoisotopic (exact) mass is 236 g/mol. The lowest BCUT2D eigenvalue weighted by Gasteiger charge is -2.31. The maximum absolute atomic E-state index is 5.72. The van der Waals surface area contributed by atoms with Crippen molar-refractivity contribution in [2.24, 2.45) is 0 Å². The molecule has 0 heterocycles. The van der Waals surface area contributed by atoms with Crippen LogP contribution in [0, 0.1) is 0 Å². The largest absolute Gasteiger partial charge is 0.399 e. The third-order valence-corrected chi connectivity index (χ3v) is 2.96. The lowest BCUT2D eigenvalue weighted by molar-refractivity contribution is 0.188. The van der Waals surface area contributed by atoms with Crippen molar-refractivity contribution < 1.29 is 4.74 Å². The molecule has 0 spiro atoms. The highest BCUT2D eigenvalue weighted by atomic mass is 16.5. The van der Waals surface area contributed by atoms with Crippen molar-refractivity contribution >= 4 is 11.4 Å². The van der Waals surface area contributed by atoms with Gasteiger partial charge in [-0.05, 0) is 44.0 Å². The average Bonchev–Trinajstić information content (AvgIpc) is 2.34. The van der Waals surface area contributed by atoms with E-state index in [-0.39, 0.29) is 0 Å². The summed E-state index contributed by atoms with van der Waals surface area (Å²) in [5.41, 5.74) is 7.77.